The van der Waals surface area contributed by atoms with Gasteiger partial charge in [-0.3, -0.25) is 0 Å². The van der Waals surface area contributed by atoms with Gasteiger partial charge in [0.1, 0.15) is 5.75 Å². The quantitative estimate of drug-likeness (QED) is 0.657. The van der Waals surface area contributed by atoms with E-state index in [4.69, 9.17) is 14.0 Å². The molecule has 0 amide bonds. The number of benzene rings is 2. The van der Waals surface area contributed by atoms with Crippen LogP contribution in [0.25, 0.3) is 0 Å². The molecule has 4 N–H and O–H groups in total. The van der Waals surface area contributed by atoms with Gasteiger partial charge in [-0.05, 0) is 6.92 Å². The van der Waals surface area contributed by atoms with Crippen LogP contribution in [0.3, 0.4) is 0 Å². The van der Waals surface area contributed by atoms with Crippen molar-refractivity contribution < 1.29 is 29.6 Å². The van der Waals surface area contributed by atoms with Gasteiger partial charge in [-0.15, -0.1) is 10.9 Å². The van der Waals surface area contributed by atoms with Gasteiger partial charge in [-0.25, -0.2) is 4.98 Å². The van der Waals surface area contributed by atoms with Crippen molar-refractivity contribution in [3.05, 3.63) is 83.7 Å². The minimum Gasteiger partial charge on any atom is -0.681 e. The number of hydrogen-bond donors (Lipinski definition) is 1. The van der Waals surface area contributed by atoms with Gasteiger partial charge in [-0.2, -0.15) is 0 Å². The fraction of sp³-hybridized carbons (Fsp3) is 0.227. The van der Waals surface area contributed by atoms with Crippen LogP contribution in [0, 0.1) is 6.92 Å². The normalized spacial score (nSPS) is 17.0. The molecule has 0 spiro atoms. The SMILES string of the molecule is CCO[C@@H]1O[B-](c2ccccc2)(c2ccccc2)Oc2c(C)[nH+]cc(CO)c21.O. The summed E-state index contributed by atoms with van der Waals surface area (Å²) in [7, 11) is 0. The molecule has 0 aliphatic carbocycles. The Kier molecular flexibility index (Phi) is 6.34. The van der Waals surface area contributed by atoms with E-state index in [0.717, 1.165) is 22.2 Å². The minimum absolute atomic E-state index is 0. The van der Waals surface area contributed by atoms with Gasteiger partial charge in [0.25, 0.3) is 0 Å². The third kappa shape index (κ3) is 3.65. The zero-order valence-electron chi connectivity index (χ0n) is 16.6. The fourth-order valence-corrected chi connectivity index (χ4v) is 3.84. The number of rotatable bonds is 5. The third-order valence-electron chi connectivity index (χ3n) is 5.19. The predicted molar refractivity (Wildman–Crippen MR) is 111 cm³/mol. The second-order valence-electron chi connectivity index (χ2n) is 6.91. The first kappa shape index (κ1) is 21.0. The lowest BCUT2D eigenvalue weighted by molar-refractivity contribution is -0.390. The van der Waals surface area contributed by atoms with E-state index in [2.05, 4.69) is 4.98 Å². The molecule has 1 aromatic heterocycles. The van der Waals surface area contributed by atoms with E-state index in [0.29, 0.717) is 17.9 Å². The highest BCUT2D eigenvalue weighted by Gasteiger charge is 2.43. The Labute approximate surface area is 170 Å². The molecule has 2 aromatic carbocycles. The number of aliphatic hydroxyl groups excluding tert-OH is 1. The molecule has 0 saturated heterocycles. The molecule has 1 aliphatic heterocycles. The second kappa shape index (κ2) is 8.76. The number of hydrogen-bond acceptors (Lipinski definition) is 4. The maximum absolute atomic E-state index is 9.85. The molecule has 4 rings (SSSR count). The van der Waals surface area contributed by atoms with Crippen molar-refractivity contribution in [2.24, 2.45) is 0 Å². The van der Waals surface area contributed by atoms with E-state index in [1.807, 2.05) is 74.5 Å². The number of nitrogens with one attached hydrogen (secondary N) is 1. The predicted octanol–water partition coefficient (Wildman–Crippen LogP) is 1.18. The van der Waals surface area contributed by atoms with Gasteiger partial charge in [-0.1, -0.05) is 60.7 Å². The Morgan fingerprint density at radius 2 is 1.62 bits per heavy atom. The molecule has 0 bridgehead atoms. The molecule has 1 aliphatic rings. The van der Waals surface area contributed by atoms with Crippen LogP contribution >= 0.6 is 0 Å². The van der Waals surface area contributed by atoms with Crippen LogP contribution in [-0.2, 0) is 16.0 Å². The molecule has 29 heavy (non-hydrogen) atoms. The monoisotopic (exact) mass is 395 g/mol. The molecule has 0 unspecified atom stereocenters. The highest BCUT2D eigenvalue weighted by molar-refractivity contribution is 6.93. The van der Waals surface area contributed by atoms with Gasteiger partial charge in [0.05, 0.1) is 17.7 Å². The van der Waals surface area contributed by atoms with Crippen molar-refractivity contribution >= 4 is 17.5 Å². The highest BCUT2D eigenvalue weighted by atomic mass is 16.7. The molecular weight excluding hydrogens is 369 g/mol. The second-order valence-corrected chi connectivity index (χ2v) is 6.91. The molecule has 3 aromatic rings. The van der Waals surface area contributed by atoms with Crippen LogP contribution in [-0.4, -0.2) is 23.7 Å². The first-order valence-corrected chi connectivity index (χ1v) is 9.58. The van der Waals surface area contributed by atoms with Crippen molar-refractivity contribution in [1.29, 1.82) is 0 Å². The summed E-state index contributed by atoms with van der Waals surface area (Å²) >= 11 is 0. The lowest BCUT2D eigenvalue weighted by atomic mass is 9.45. The average molecular weight is 395 g/mol. The summed E-state index contributed by atoms with van der Waals surface area (Å²) in [6, 6.07) is 19.9. The van der Waals surface area contributed by atoms with Crippen molar-refractivity contribution in [2.75, 3.05) is 6.61 Å². The van der Waals surface area contributed by atoms with E-state index in [9.17, 15) is 5.11 Å². The number of pyridine rings is 1. The number of aliphatic hydroxyl groups is 1. The van der Waals surface area contributed by atoms with E-state index in [1.165, 1.54) is 0 Å². The van der Waals surface area contributed by atoms with Crippen LogP contribution < -0.4 is 20.6 Å². The van der Waals surface area contributed by atoms with Gasteiger partial charge in [0.2, 0.25) is 5.69 Å². The zero-order chi connectivity index (χ0) is 19.6. The standard InChI is InChI=1S/C22H23BNO4.H2O/c1-3-26-22-20-17(15-25)14-24-16(2)21(20)27-23(28-22,18-10-6-4-7-11-18)19-12-8-5-9-13-19;/h4-14,22,25H,3,15H2,1-2H3;1H2/q-1;/p+1/t22-;/m1./s1. The van der Waals surface area contributed by atoms with Gasteiger partial charge < -0.3 is 24.6 Å². The van der Waals surface area contributed by atoms with Crippen LogP contribution in [0.5, 0.6) is 5.75 Å². The average Bonchev–Trinajstić information content (AvgIpc) is 2.75. The minimum atomic E-state index is -2.03. The summed E-state index contributed by atoms with van der Waals surface area (Å²) in [5, 5.41) is 9.85. The van der Waals surface area contributed by atoms with E-state index in [-0.39, 0.29) is 12.1 Å². The van der Waals surface area contributed by atoms with E-state index in [1.54, 1.807) is 6.20 Å². The first-order valence-electron chi connectivity index (χ1n) is 9.58. The molecule has 0 radical (unpaired) electrons. The lowest BCUT2D eigenvalue weighted by Gasteiger charge is -2.50. The number of fused-ring (bicyclic) bond motifs is 1. The zero-order valence-corrected chi connectivity index (χ0v) is 16.6. The number of aromatic nitrogens is 1. The van der Waals surface area contributed by atoms with Crippen molar-refractivity contribution in [1.82, 2.24) is 0 Å². The van der Waals surface area contributed by atoms with Crippen LogP contribution in [0.4, 0.5) is 0 Å². The molecule has 0 saturated carbocycles. The Morgan fingerprint density at radius 1 is 1.03 bits per heavy atom. The van der Waals surface area contributed by atoms with E-state index >= 15 is 0 Å². The van der Waals surface area contributed by atoms with E-state index < -0.39 is 12.8 Å². The molecule has 1 atom stereocenters. The molecule has 6 nitrogen and oxygen atoms in total. The van der Waals surface area contributed by atoms with Crippen molar-refractivity contribution in [3.63, 3.8) is 0 Å². The summed E-state index contributed by atoms with van der Waals surface area (Å²) in [4.78, 5) is 3.20. The van der Waals surface area contributed by atoms with Gasteiger partial charge >= 0.3 is 6.55 Å². The smallest absolute Gasteiger partial charge is 0.354 e. The fourth-order valence-electron chi connectivity index (χ4n) is 3.84. The number of aromatic amines is 1. The molecular formula is C22H26BNO5. The number of aryl methyl sites for hydroxylation is 1. The molecule has 0 fully saturated rings. The molecule has 7 heteroatoms. The summed E-state index contributed by atoms with van der Waals surface area (Å²) in [5.41, 5.74) is 4.16. The maximum atomic E-state index is 9.85. The topological polar surface area (TPSA) is 93.6 Å². The highest BCUT2D eigenvalue weighted by Crippen LogP contribution is 2.40. The van der Waals surface area contributed by atoms with Crippen molar-refractivity contribution in [2.45, 2.75) is 26.7 Å². The Morgan fingerprint density at radius 3 is 2.14 bits per heavy atom. The molecule has 152 valence electrons. The maximum Gasteiger partial charge on any atom is 0.354 e. The Balaban J connectivity index is 0.00000240. The van der Waals surface area contributed by atoms with Crippen molar-refractivity contribution in [3.8, 4) is 5.75 Å². The Bertz CT molecular complexity index is 913. The number of ether oxygens (including phenoxy) is 1. The summed E-state index contributed by atoms with van der Waals surface area (Å²) in [6.07, 6.45) is 1.13. The summed E-state index contributed by atoms with van der Waals surface area (Å²) in [6.45, 7) is 2.19. The summed E-state index contributed by atoms with van der Waals surface area (Å²) < 4.78 is 19.3. The lowest BCUT2D eigenvalue weighted by Crippen LogP contribution is -2.68. The van der Waals surface area contributed by atoms with Gasteiger partial charge in [0, 0.05) is 13.5 Å². The number of H-pyrrole nitrogens is 1. The molecule has 2 heterocycles. The van der Waals surface area contributed by atoms with Crippen LogP contribution in [0.1, 0.15) is 30.0 Å². The largest absolute Gasteiger partial charge is 0.681 e. The first-order chi connectivity index (χ1) is 13.7. The van der Waals surface area contributed by atoms with Crippen LogP contribution in [0.15, 0.2) is 66.9 Å². The van der Waals surface area contributed by atoms with Gasteiger partial charge in [0.15, 0.2) is 12.5 Å². The Hall–Kier alpha value is -2.71. The van der Waals surface area contributed by atoms with Crippen LogP contribution in [0.2, 0.25) is 0 Å². The summed E-state index contributed by atoms with van der Waals surface area (Å²) in [5.74, 6) is 0.670. The third-order valence-corrected chi connectivity index (χ3v) is 5.19.